The monoisotopic (exact) mass is 516 g/mol. The van der Waals surface area contributed by atoms with Crippen molar-refractivity contribution in [2.24, 2.45) is 41.4 Å². The molecule has 1 aromatic rings. The fraction of sp³-hybridized carbons (Fsp3) is 0.542. The van der Waals surface area contributed by atoms with E-state index in [0.29, 0.717) is 11.8 Å². The molecule has 4 fully saturated rings. The van der Waals surface area contributed by atoms with E-state index in [4.69, 9.17) is 0 Å². The van der Waals surface area contributed by atoms with Crippen molar-refractivity contribution in [3.05, 3.63) is 40.0 Å². The van der Waals surface area contributed by atoms with Crippen LogP contribution in [0.5, 0.6) is 0 Å². The Balaban J connectivity index is 1.11. The van der Waals surface area contributed by atoms with Crippen LogP contribution >= 0.6 is 22.6 Å². The number of benzene rings is 1. The van der Waals surface area contributed by atoms with Gasteiger partial charge in [-0.25, -0.2) is 0 Å². The molecule has 30 heavy (non-hydrogen) atoms. The van der Waals surface area contributed by atoms with Crippen LogP contribution < -0.4 is 5.32 Å². The van der Waals surface area contributed by atoms with Gasteiger partial charge in [0, 0.05) is 21.2 Å². The maximum atomic E-state index is 13.3. The van der Waals surface area contributed by atoms with Crippen molar-refractivity contribution >= 4 is 46.0 Å². The molecule has 5 aliphatic carbocycles. The second kappa shape index (κ2) is 6.90. The van der Waals surface area contributed by atoms with E-state index in [1.807, 2.05) is 24.3 Å². The zero-order valence-electron chi connectivity index (χ0n) is 16.7. The number of hydrogen-bond acceptors (Lipinski definition) is 3. The number of carbonyl (C=O) groups excluding carboxylic acids is 3. The Kier molecular flexibility index (Phi) is 4.38. The van der Waals surface area contributed by atoms with Crippen LogP contribution in [0.4, 0.5) is 5.69 Å². The maximum Gasteiger partial charge on any atom is 0.233 e. The summed E-state index contributed by atoms with van der Waals surface area (Å²) < 4.78 is 1.13. The number of nitrogens with zero attached hydrogens (tertiary/aromatic N) is 1. The quantitative estimate of drug-likeness (QED) is 0.377. The average molecular weight is 516 g/mol. The molecule has 156 valence electrons. The van der Waals surface area contributed by atoms with Crippen molar-refractivity contribution < 1.29 is 14.4 Å². The normalized spacial score (nSPS) is 40.9. The van der Waals surface area contributed by atoms with Gasteiger partial charge in [-0.2, -0.15) is 0 Å². The van der Waals surface area contributed by atoms with Crippen molar-refractivity contribution in [2.45, 2.75) is 38.1 Å². The van der Waals surface area contributed by atoms with Crippen LogP contribution in [0, 0.1) is 45.0 Å². The van der Waals surface area contributed by atoms with Gasteiger partial charge in [0.15, 0.2) is 0 Å². The van der Waals surface area contributed by atoms with Crippen molar-refractivity contribution in [3.63, 3.8) is 0 Å². The van der Waals surface area contributed by atoms with Gasteiger partial charge in [-0.1, -0.05) is 12.2 Å². The number of nitrogens with one attached hydrogen (secondary N) is 1. The smallest absolute Gasteiger partial charge is 0.233 e. The number of likely N-dealkylation sites (tertiary alicyclic amines) is 1. The van der Waals surface area contributed by atoms with Gasteiger partial charge < -0.3 is 5.32 Å². The summed E-state index contributed by atoms with van der Waals surface area (Å²) in [7, 11) is 0. The Morgan fingerprint density at radius 1 is 0.900 bits per heavy atom. The number of carbonyl (C=O) groups is 3. The zero-order chi connectivity index (χ0) is 20.6. The minimum atomic E-state index is -0.113. The third-order valence-corrected chi connectivity index (χ3v) is 8.96. The first kappa shape index (κ1) is 19.0. The SMILES string of the molecule is O=C(Nc1ccc(I)cc1)C1CCC(N2C(=O)[C@@H]3[C@H]4C=C[C@@H]([C@@H]5C[C@@H]45)[C@@H]3C2=O)CC1. The molecule has 6 aliphatic rings. The second-order valence-electron chi connectivity index (χ2n) is 9.70. The number of amides is 3. The number of allylic oxidation sites excluding steroid dienone is 2. The minimum Gasteiger partial charge on any atom is -0.326 e. The van der Waals surface area contributed by atoms with Gasteiger partial charge in [-0.15, -0.1) is 0 Å². The first-order valence-electron chi connectivity index (χ1n) is 11.1. The highest BCUT2D eigenvalue weighted by molar-refractivity contribution is 14.1. The van der Waals surface area contributed by atoms with Gasteiger partial charge in [-0.05, 0) is 103 Å². The molecule has 1 heterocycles. The molecule has 1 aromatic carbocycles. The lowest BCUT2D eigenvalue weighted by Gasteiger charge is -2.37. The van der Waals surface area contributed by atoms with Crippen LogP contribution in [0.25, 0.3) is 0 Å². The number of anilines is 1. The summed E-state index contributed by atoms with van der Waals surface area (Å²) in [6.45, 7) is 0. The van der Waals surface area contributed by atoms with E-state index in [1.165, 1.54) is 6.42 Å². The molecule has 0 aromatic heterocycles. The summed E-state index contributed by atoms with van der Waals surface area (Å²) in [5.74, 6) is 1.74. The molecule has 3 saturated carbocycles. The lowest BCUT2D eigenvalue weighted by molar-refractivity contribution is -0.144. The van der Waals surface area contributed by atoms with E-state index in [-0.39, 0.29) is 53.4 Å². The molecule has 5 nitrogen and oxygen atoms in total. The summed E-state index contributed by atoms with van der Waals surface area (Å²) in [5, 5.41) is 3.01. The highest BCUT2D eigenvalue weighted by atomic mass is 127. The molecule has 0 unspecified atom stereocenters. The summed E-state index contributed by atoms with van der Waals surface area (Å²) in [6, 6.07) is 7.75. The third kappa shape index (κ3) is 2.82. The topological polar surface area (TPSA) is 66.5 Å². The second-order valence-corrected chi connectivity index (χ2v) is 10.9. The fourth-order valence-electron chi connectivity index (χ4n) is 6.71. The Hall–Kier alpha value is -1.70. The van der Waals surface area contributed by atoms with E-state index in [1.54, 1.807) is 4.90 Å². The number of imide groups is 1. The summed E-state index contributed by atoms with van der Waals surface area (Å²) in [4.78, 5) is 40.9. The Morgan fingerprint density at radius 3 is 2.03 bits per heavy atom. The van der Waals surface area contributed by atoms with Crippen LogP contribution in [0.1, 0.15) is 32.1 Å². The first-order valence-corrected chi connectivity index (χ1v) is 12.2. The third-order valence-electron chi connectivity index (χ3n) is 8.24. The highest BCUT2D eigenvalue weighted by Crippen LogP contribution is 2.65. The van der Waals surface area contributed by atoms with Gasteiger partial charge in [-0.3, -0.25) is 19.3 Å². The summed E-state index contributed by atoms with van der Waals surface area (Å²) in [5.41, 5.74) is 0.818. The molecule has 3 amide bonds. The number of halogens is 1. The zero-order valence-corrected chi connectivity index (χ0v) is 18.8. The fourth-order valence-corrected chi connectivity index (χ4v) is 7.07. The highest BCUT2D eigenvalue weighted by Gasteiger charge is 2.67. The standard InChI is InChI=1S/C24H25IN2O3/c25-13-3-5-14(6-4-13)26-22(28)12-1-7-15(8-2-12)27-23(29)20-16-9-10-17(19-11-18(16)19)21(20)24(27)30/h3-6,9-10,12,15-21H,1-2,7-8,11H2,(H,26,28)/t12?,15?,16-,17-,18-,19-,20-,21+/m0/s1. The molecule has 6 heteroatoms. The van der Waals surface area contributed by atoms with Crippen LogP contribution in [-0.4, -0.2) is 28.7 Å². The average Bonchev–Trinajstić information content (AvgIpc) is 3.53. The minimum absolute atomic E-state index is 0.0336. The van der Waals surface area contributed by atoms with Crippen molar-refractivity contribution in [2.75, 3.05) is 5.32 Å². The Bertz CT molecular complexity index is 914. The van der Waals surface area contributed by atoms with Crippen LogP contribution in [0.3, 0.4) is 0 Å². The molecule has 1 saturated heterocycles. The molecule has 1 N–H and O–H groups in total. The molecule has 0 spiro atoms. The summed E-state index contributed by atoms with van der Waals surface area (Å²) in [6.07, 6.45) is 8.56. The largest absolute Gasteiger partial charge is 0.326 e. The van der Waals surface area contributed by atoms with Gasteiger partial charge in [0.2, 0.25) is 17.7 Å². The lowest BCUT2D eigenvalue weighted by Crippen LogP contribution is -2.44. The van der Waals surface area contributed by atoms with Crippen LogP contribution in [0.2, 0.25) is 0 Å². The van der Waals surface area contributed by atoms with Crippen LogP contribution in [-0.2, 0) is 14.4 Å². The first-order chi connectivity index (χ1) is 14.5. The van der Waals surface area contributed by atoms with Gasteiger partial charge in [0.1, 0.15) is 0 Å². The molecular weight excluding hydrogens is 491 g/mol. The van der Waals surface area contributed by atoms with E-state index in [0.717, 1.165) is 34.9 Å². The van der Waals surface area contributed by atoms with Gasteiger partial charge in [0.25, 0.3) is 0 Å². The predicted molar refractivity (Wildman–Crippen MR) is 120 cm³/mol. The van der Waals surface area contributed by atoms with E-state index in [2.05, 4.69) is 40.1 Å². The Labute approximate surface area is 189 Å². The van der Waals surface area contributed by atoms with Gasteiger partial charge >= 0.3 is 0 Å². The Morgan fingerprint density at radius 2 is 1.47 bits per heavy atom. The van der Waals surface area contributed by atoms with Crippen molar-refractivity contribution in [1.82, 2.24) is 4.90 Å². The van der Waals surface area contributed by atoms with Crippen molar-refractivity contribution in [1.29, 1.82) is 0 Å². The van der Waals surface area contributed by atoms with Crippen LogP contribution in [0.15, 0.2) is 36.4 Å². The molecule has 7 rings (SSSR count). The maximum absolute atomic E-state index is 13.3. The molecule has 1 aliphatic heterocycles. The number of rotatable bonds is 3. The molecule has 6 atom stereocenters. The van der Waals surface area contributed by atoms with Crippen molar-refractivity contribution in [3.8, 4) is 0 Å². The molecular formula is C24H25IN2O3. The molecule has 0 radical (unpaired) electrons. The molecule has 2 bridgehead atoms. The number of hydrogen-bond donors (Lipinski definition) is 1. The van der Waals surface area contributed by atoms with E-state index < -0.39 is 0 Å². The van der Waals surface area contributed by atoms with E-state index in [9.17, 15) is 14.4 Å². The van der Waals surface area contributed by atoms with Gasteiger partial charge in [0.05, 0.1) is 11.8 Å². The van der Waals surface area contributed by atoms with E-state index >= 15 is 0 Å². The predicted octanol–water partition coefficient (Wildman–Crippen LogP) is 3.84. The summed E-state index contributed by atoms with van der Waals surface area (Å²) >= 11 is 2.24. The lowest BCUT2D eigenvalue weighted by atomic mass is 9.63.